The van der Waals surface area contributed by atoms with Gasteiger partial charge < -0.3 is 10.1 Å². The Morgan fingerprint density at radius 1 is 1.13 bits per heavy atom. The van der Waals surface area contributed by atoms with Crippen LogP contribution in [0.3, 0.4) is 0 Å². The van der Waals surface area contributed by atoms with Crippen molar-refractivity contribution in [2.24, 2.45) is 0 Å². The highest BCUT2D eigenvalue weighted by atomic mass is 16.5. The molecule has 31 heavy (non-hydrogen) atoms. The minimum absolute atomic E-state index is 0.0748. The second-order valence-corrected chi connectivity index (χ2v) is 8.33. The van der Waals surface area contributed by atoms with Crippen LogP contribution < -0.4 is 5.32 Å². The van der Waals surface area contributed by atoms with Crippen LogP contribution in [-0.4, -0.2) is 22.8 Å². The highest BCUT2D eigenvalue weighted by Gasteiger charge is 2.41. The SMILES string of the molecule is CC[C@H](C)OC(=O)C1=C(C)NC2=C(C(=O)C[C@@H](c3ccccc3)C2)[C@H]1c1ccncc1. The lowest BCUT2D eigenvalue weighted by atomic mass is 9.72. The van der Waals surface area contributed by atoms with Crippen LogP contribution >= 0.6 is 0 Å². The first kappa shape index (κ1) is 21.0. The number of carbonyl (C=O) groups is 2. The second kappa shape index (κ2) is 8.88. The Kier molecular flexibility index (Phi) is 6.03. The first-order valence-corrected chi connectivity index (χ1v) is 10.9. The Morgan fingerprint density at radius 2 is 1.84 bits per heavy atom. The van der Waals surface area contributed by atoms with E-state index in [4.69, 9.17) is 4.74 Å². The monoisotopic (exact) mass is 416 g/mol. The average molecular weight is 417 g/mol. The van der Waals surface area contributed by atoms with E-state index in [9.17, 15) is 9.59 Å². The molecule has 3 atom stereocenters. The molecule has 0 spiro atoms. The zero-order valence-corrected chi connectivity index (χ0v) is 18.2. The zero-order chi connectivity index (χ0) is 22.0. The van der Waals surface area contributed by atoms with Gasteiger partial charge >= 0.3 is 5.97 Å². The summed E-state index contributed by atoms with van der Waals surface area (Å²) in [5.74, 6) is -0.615. The van der Waals surface area contributed by atoms with Crippen molar-refractivity contribution in [3.8, 4) is 0 Å². The van der Waals surface area contributed by atoms with Gasteiger partial charge in [0.05, 0.1) is 11.7 Å². The third-order valence-electron chi connectivity index (χ3n) is 6.24. The number of nitrogens with one attached hydrogen (secondary N) is 1. The van der Waals surface area contributed by atoms with Crippen molar-refractivity contribution >= 4 is 11.8 Å². The standard InChI is InChI=1S/C26H28N2O3/c1-4-16(2)31-26(30)23-17(3)28-21-14-20(18-8-6-5-7-9-18)15-22(29)25(21)24(23)19-10-12-27-13-11-19/h5-13,16,20,24,28H,4,14-15H2,1-3H3/t16-,20-,24-/m0/s1. The van der Waals surface area contributed by atoms with E-state index in [0.717, 1.165) is 35.4 Å². The molecule has 0 saturated heterocycles. The van der Waals surface area contributed by atoms with Crippen LogP contribution in [0, 0.1) is 0 Å². The molecule has 2 aliphatic rings. The summed E-state index contributed by atoms with van der Waals surface area (Å²) in [7, 11) is 0. The van der Waals surface area contributed by atoms with Crippen molar-refractivity contribution in [1.29, 1.82) is 0 Å². The molecule has 1 aliphatic carbocycles. The molecular weight excluding hydrogens is 388 g/mol. The minimum Gasteiger partial charge on any atom is -0.459 e. The molecule has 2 heterocycles. The number of rotatable bonds is 5. The van der Waals surface area contributed by atoms with Gasteiger partial charge in [0.2, 0.25) is 0 Å². The summed E-state index contributed by atoms with van der Waals surface area (Å²) in [6, 6.07) is 13.9. The summed E-state index contributed by atoms with van der Waals surface area (Å²) < 4.78 is 5.68. The topological polar surface area (TPSA) is 68.3 Å². The Morgan fingerprint density at radius 3 is 2.52 bits per heavy atom. The van der Waals surface area contributed by atoms with Crippen LogP contribution in [0.4, 0.5) is 0 Å². The van der Waals surface area contributed by atoms with Gasteiger partial charge in [0, 0.05) is 41.7 Å². The molecule has 1 aliphatic heterocycles. The predicted molar refractivity (Wildman–Crippen MR) is 119 cm³/mol. The zero-order valence-electron chi connectivity index (χ0n) is 18.2. The van der Waals surface area contributed by atoms with Crippen molar-refractivity contribution in [1.82, 2.24) is 10.3 Å². The lowest BCUT2D eigenvalue weighted by Crippen LogP contribution is -2.36. The number of hydrogen-bond donors (Lipinski definition) is 1. The van der Waals surface area contributed by atoms with Gasteiger partial charge in [0.25, 0.3) is 0 Å². The van der Waals surface area contributed by atoms with Gasteiger partial charge in [-0.2, -0.15) is 0 Å². The lowest BCUT2D eigenvalue weighted by Gasteiger charge is -2.37. The molecule has 1 N–H and O–H groups in total. The molecule has 0 radical (unpaired) electrons. The maximum absolute atomic E-state index is 13.5. The van der Waals surface area contributed by atoms with Crippen molar-refractivity contribution in [2.75, 3.05) is 0 Å². The minimum atomic E-state index is -0.444. The summed E-state index contributed by atoms with van der Waals surface area (Å²) in [4.78, 5) is 30.7. The fourth-order valence-electron chi connectivity index (χ4n) is 4.49. The van der Waals surface area contributed by atoms with Crippen molar-refractivity contribution in [3.05, 3.63) is 88.5 Å². The average Bonchev–Trinajstić information content (AvgIpc) is 2.79. The van der Waals surface area contributed by atoms with Crippen LogP contribution in [0.1, 0.15) is 63.0 Å². The summed E-state index contributed by atoms with van der Waals surface area (Å²) in [6.07, 6.45) is 5.11. The summed E-state index contributed by atoms with van der Waals surface area (Å²) >= 11 is 0. The van der Waals surface area contributed by atoms with E-state index in [1.54, 1.807) is 12.4 Å². The van der Waals surface area contributed by atoms with Gasteiger partial charge in [-0.05, 0) is 55.9 Å². The lowest BCUT2D eigenvalue weighted by molar-refractivity contribution is -0.144. The third kappa shape index (κ3) is 4.18. The van der Waals surface area contributed by atoms with Crippen molar-refractivity contribution in [2.45, 2.75) is 58.0 Å². The fraction of sp³-hybridized carbons (Fsp3) is 0.346. The van der Waals surface area contributed by atoms with E-state index in [2.05, 4.69) is 22.4 Å². The first-order valence-electron chi connectivity index (χ1n) is 10.9. The van der Waals surface area contributed by atoms with E-state index >= 15 is 0 Å². The molecule has 0 bridgehead atoms. The molecule has 0 unspecified atom stereocenters. The molecule has 0 amide bonds. The fourth-order valence-corrected chi connectivity index (χ4v) is 4.49. The number of carbonyl (C=O) groups excluding carboxylic acids is 2. The molecule has 1 aromatic heterocycles. The molecule has 4 rings (SSSR count). The van der Waals surface area contributed by atoms with Crippen LogP contribution in [0.5, 0.6) is 0 Å². The van der Waals surface area contributed by atoms with Gasteiger partial charge in [-0.15, -0.1) is 0 Å². The van der Waals surface area contributed by atoms with E-state index in [1.807, 2.05) is 51.1 Å². The number of esters is 1. The number of ether oxygens (including phenoxy) is 1. The van der Waals surface area contributed by atoms with Crippen molar-refractivity contribution in [3.63, 3.8) is 0 Å². The number of ketones is 1. The third-order valence-corrected chi connectivity index (χ3v) is 6.24. The van der Waals surface area contributed by atoms with Crippen LogP contribution in [-0.2, 0) is 14.3 Å². The van der Waals surface area contributed by atoms with Crippen LogP contribution in [0.15, 0.2) is 77.4 Å². The second-order valence-electron chi connectivity index (χ2n) is 8.33. The Hall–Kier alpha value is -3.21. The van der Waals surface area contributed by atoms with Gasteiger partial charge in [0.1, 0.15) is 0 Å². The number of aromatic nitrogens is 1. The normalized spacial score (nSPS) is 22.0. The number of benzene rings is 1. The maximum atomic E-state index is 13.5. The van der Waals surface area contributed by atoms with E-state index in [1.165, 1.54) is 0 Å². The van der Waals surface area contributed by atoms with Crippen LogP contribution in [0.2, 0.25) is 0 Å². The van der Waals surface area contributed by atoms with Gasteiger partial charge in [-0.3, -0.25) is 9.78 Å². The molecule has 160 valence electrons. The molecule has 0 fully saturated rings. The number of pyridine rings is 1. The van der Waals surface area contributed by atoms with E-state index < -0.39 is 5.92 Å². The molecule has 5 nitrogen and oxygen atoms in total. The quantitative estimate of drug-likeness (QED) is 0.710. The summed E-state index contributed by atoms with van der Waals surface area (Å²) in [5, 5.41) is 3.39. The number of Topliss-reactive ketones (excluding diaryl/α,β-unsaturated/α-hetero) is 1. The van der Waals surface area contributed by atoms with Gasteiger partial charge in [-0.25, -0.2) is 4.79 Å². The number of nitrogens with zero attached hydrogens (tertiary/aromatic N) is 1. The van der Waals surface area contributed by atoms with E-state index in [-0.39, 0.29) is 23.8 Å². The van der Waals surface area contributed by atoms with Gasteiger partial charge in [0.15, 0.2) is 5.78 Å². The summed E-state index contributed by atoms with van der Waals surface area (Å²) in [6.45, 7) is 5.75. The number of dihydropyridines is 1. The number of allylic oxidation sites excluding steroid dienone is 3. The Labute approximate surface area is 183 Å². The molecule has 5 heteroatoms. The molecular formula is C26H28N2O3. The maximum Gasteiger partial charge on any atom is 0.337 e. The van der Waals surface area contributed by atoms with Crippen molar-refractivity contribution < 1.29 is 14.3 Å². The van der Waals surface area contributed by atoms with Gasteiger partial charge in [-0.1, -0.05) is 37.3 Å². The number of hydrogen-bond acceptors (Lipinski definition) is 5. The van der Waals surface area contributed by atoms with Crippen LogP contribution in [0.25, 0.3) is 0 Å². The highest BCUT2D eigenvalue weighted by molar-refractivity contribution is 6.04. The first-order chi connectivity index (χ1) is 15.0. The predicted octanol–water partition coefficient (Wildman–Crippen LogP) is 4.78. The highest BCUT2D eigenvalue weighted by Crippen LogP contribution is 2.45. The molecule has 0 saturated carbocycles. The largest absolute Gasteiger partial charge is 0.459 e. The molecule has 2 aromatic rings. The van der Waals surface area contributed by atoms with E-state index in [0.29, 0.717) is 17.6 Å². The summed E-state index contributed by atoms with van der Waals surface area (Å²) in [5.41, 5.74) is 4.89. The smallest absolute Gasteiger partial charge is 0.337 e. The Balaban J connectivity index is 1.76. The Bertz CT molecular complexity index is 1040. The molecule has 1 aromatic carbocycles.